The summed E-state index contributed by atoms with van der Waals surface area (Å²) in [5.41, 5.74) is 6.22. The number of halogens is 1. The molecule has 0 saturated carbocycles. The first-order valence-corrected chi connectivity index (χ1v) is 13.0. The van der Waals surface area contributed by atoms with E-state index in [1.807, 2.05) is 29.6 Å². The van der Waals surface area contributed by atoms with E-state index in [-0.39, 0.29) is 0 Å². The summed E-state index contributed by atoms with van der Waals surface area (Å²) in [5, 5.41) is 25.2. The maximum atomic E-state index is 15.2. The van der Waals surface area contributed by atoms with E-state index in [9.17, 15) is 5.11 Å². The number of H-pyrrole nitrogens is 2. The zero-order chi connectivity index (χ0) is 25.4. The van der Waals surface area contributed by atoms with Crippen LogP contribution in [0.2, 0.25) is 0 Å². The number of anilines is 1. The highest BCUT2D eigenvalue weighted by Gasteiger charge is 2.19. The number of benzene rings is 1. The SMILES string of the molecule is CCCCC(O)Nc1cncc(-c2cc(F)c3[nH]nc(-c4nc5c(-c6ccsc6)ccnc5[nH]4)c3c2)c1. The molecule has 8 nitrogen and oxygen atoms in total. The Hall–Kier alpha value is -4.15. The molecule has 186 valence electrons. The van der Waals surface area contributed by atoms with E-state index in [2.05, 4.69) is 42.8 Å². The Morgan fingerprint density at radius 3 is 2.89 bits per heavy atom. The molecule has 6 rings (SSSR count). The van der Waals surface area contributed by atoms with Crippen molar-refractivity contribution in [2.75, 3.05) is 5.32 Å². The number of thiophene rings is 1. The molecule has 5 aromatic heterocycles. The first-order valence-electron chi connectivity index (χ1n) is 12.1. The third-order valence-corrected chi connectivity index (χ3v) is 6.99. The van der Waals surface area contributed by atoms with Crippen molar-refractivity contribution in [1.29, 1.82) is 0 Å². The third-order valence-electron chi connectivity index (χ3n) is 6.30. The number of fused-ring (bicyclic) bond motifs is 2. The summed E-state index contributed by atoms with van der Waals surface area (Å²) in [6.07, 6.45) is 6.94. The Balaban J connectivity index is 1.40. The van der Waals surface area contributed by atoms with Crippen LogP contribution in [0.5, 0.6) is 0 Å². The van der Waals surface area contributed by atoms with Gasteiger partial charge in [-0.25, -0.2) is 14.4 Å². The van der Waals surface area contributed by atoms with Crippen LogP contribution in [0.25, 0.3) is 55.8 Å². The van der Waals surface area contributed by atoms with E-state index in [0.717, 1.165) is 29.5 Å². The summed E-state index contributed by atoms with van der Waals surface area (Å²) in [6.45, 7) is 2.08. The van der Waals surface area contributed by atoms with Gasteiger partial charge in [0.15, 0.2) is 11.5 Å². The minimum Gasteiger partial charge on any atom is -0.374 e. The Kier molecular flexibility index (Phi) is 6.11. The Morgan fingerprint density at radius 2 is 2.05 bits per heavy atom. The number of nitrogens with one attached hydrogen (secondary N) is 3. The number of aromatic amines is 2. The highest BCUT2D eigenvalue weighted by atomic mass is 32.1. The van der Waals surface area contributed by atoms with Gasteiger partial charge in [0.1, 0.15) is 28.8 Å². The van der Waals surface area contributed by atoms with Gasteiger partial charge in [0.25, 0.3) is 0 Å². The van der Waals surface area contributed by atoms with Crippen LogP contribution < -0.4 is 5.32 Å². The lowest BCUT2D eigenvalue weighted by molar-refractivity contribution is 0.190. The van der Waals surface area contributed by atoms with Crippen LogP contribution in [0.15, 0.2) is 59.7 Å². The molecule has 0 amide bonds. The monoisotopic (exact) mass is 513 g/mol. The summed E-state index contributed by atoms with van der Waals surface area (Å²) in [5.74, 6) is 0.0707. The second-order valence-electron chi connectivity index (χ2n) is 8.87. The molecule has 1 unspecified atom stereocenters. The lowest BCUT2D eigenvalue weighted by atomic mass is 10.0. The van der Waals surface area contributed by atoms with E-state index in [0.29, 0.717) is 51.3 Å². The number of pyridine rings is 2. The molecule has 0 aliphatic carbocycles. The first kappa shape index (κ1) is 23.3. The Bertz CT molecular complexity index is 1690. The lowest BCUT2D eigenvalue weighted by Crippen LogP contribution is -2.18. The van der Waals surface area contributed by atoms with Gasteiger partial charge in [-0.2, -0.15) is 16.4 Å². The van der Waals surface area contributed by atoms with Crippen molar-refractivity contribution in [1.82, 2.24) is 30.1 Å². The number of rotatable bonds is 8. The zero-order valence-electron chi connectivity index (χ0n) is 20.0. The molecule has 0 spiro atoms. The van der Waals surface area contributed by atoms with Gasteiger partial charge >= 0.3 is 0 Å². The lowest BCUT2D eigenvalue weighted by Gasteiger charge is -2.14. The van der Waals surface area contributed by atoms with Crippen LogP contribution in [0.3, 0.4) is 0 Å². The van der Waals surface area contributed by atoms with Crippen LogP contribution in [0.1, 0.15) is 26.2 Å². The minimum atomic E-state index is -0.669. The molecule has 5 heterocycles. The van der Waals surface area contributed by atoms with Crippen molar-refractivity contribution in [2.24, 2.45) is 0 Å². The molecular formula is C27H24FN7OS. The summed E-state index contributed by atoms with van der Waals surface area (Å²) in [6, 6.07) is 9.14. The van der Waals surface area contributed by atoms with E-state index >= 15 is 4.39 Å². The highest BCUT2D eigenvalue weighted by Crippen LogP contribution is 2.34. The molecule has 0 aliphatic heterocycles. The predicted octanol–water partition coefficient (Wildman–Crippen LogP) is 6.35. The standard InChI is InChI=1S/C27H24FN7OS/c1-2-3-4-22(36)31-18-9-17(12-29-13-18)16-10-20-23(21(28)11-16)34-35-25(20)27-32-24-19(15-6-8-37-14-15)5-7-30-26(24)33-27/h5-14,22,31,36H,2-4H2,1H3,(H,34,35)(H,30,32,33). The van der Waals surface area contributed by atoms with Crippen LogP contribution in [0, 0.1) is 5.82 Å². The van der Waals surface area contributed by atoms with Crippen LogP contribution in [-0.4, -0.2) is 41.5 Å². The van der Waals surface area contributed by atoms with Crippen LogP contribution in [-0.2, 0) is 0 Å². The quantitative estimate of drug-likeness (QED) is 0.176. The van der Waals surface area contributed by atoms with Gasteiger partial charge in [-0.15, -0.1) is 0 Å². The number of aliphatic hydroxyl groups is 1. The van der Waals surface area contributed by atoms with Crippen molar-refractivity contribution >= 4 is 39.1 Å². The average molecular weight is 514 g/mol. The van der Waals surface area contributed by atoms with Gasteiger partial charge in [0, 0.05) is 28.9 Å². The van der Waals surface area contributed by atoms with Gasteiger partial charge in [-0.3, -0.25) is 10.1 Å². The minimum absolute atomic E-state index is 0.294. The maximum Gasteiger partial charge on any atom is 0.160 e. The van der Waals surface area contributed by atoms with E-state index in [1.54, 1.807) is 29.9 Å². The molecule has 0 fully saturated rings. The number of hydrogen-bond donors (Lipinski definition) is 4. The molecule has 0 aliphatic rings. The van der Waals surface area contributed by atoms with Gasteiger partial charge in [-0.1, -0.05) is 13.3 Å². The van der Waals surface area contributed by atoms with Crippen molar-refractivity contribution < 1.29 is 9.50 Å². The Morgan fingerprint density at radius 1 is 1.14 bits per heavy atom. The second kappa shape index (κ2) is 9.72. The van der Waals surface area contributed by atoms with Crippen LogP contribution in [0.4, 0.5) is 10.1 Å². The third kappa shape index (κ3) is 4.45. The number of unbranched alkanes of at least 4 members (excludes halogenated alkanes) is 1. The molecule has 1 aromatic carbocycles. The topological polar surface area (TPSA) is 115 Å². The number of aromatic nitrogens is 6. The fourth-order valence-electron chi connectivity index (χ4n) is 4.44. The van der Waals surface area contributed by atoms with E-state index in [1.165, 1.54) is 6.07 Å². The molecule has 0 saturated heterocycles. The smallest absolute Gasteiger partial charge is 0.160 e. The highest BCUT2D eigenvalue weighted by molar-refractivity contribution is 7.08. The summed E-state index contributed by atoms with van der Waals surface area (Å²) >= 11 is 1.62. The molecule has 37 heavy (non-hydrogen) atoms. The van der Waals surface area contributed by atoms with Crippen molar-refractivity contribution in [2.45, 2.75) is 32.4 Å². The van der Waals surface area contributed by atoms with Gasteiger partial charge in [0.2, 0.25) is 0 Å². The van der Waals surface area contributed by atoms with Crippen LogP contribution >= 0.6 is 11.3 Å². The first-order chi connectivity index (χ1) is 18.1. The molecule has 0 radical (unpaired) electrons. The van der Waals surface area contributed by atoms with E-state index < -0.39 is 12.0 Å². The maximum absolute atomic E-state index is 15.2. The normalized spacial score (nSPS) is 12.4. The van der Waals surface area contributed by atoms with Crippen molar-refractivity contribution in [3.8, 4) is 33.8 Å². The van der Waals surface area contributed by atoms with Crippen molar-refractivity contribution in [3.05, 3.63) is 65.5 Å². The summed E-state index contributed by atoms with van der Waals surface area (Å²) < 4.78 is 15.2. The summed E-state index contributed by atoms with van der Waals surface area (Å²) in [7, 11) is 0. The van der Waals surface area contributed by atoms with Gasteiger partial charge in [-0.05, 0) is 65.1 Å². The number of nitrogens with zero attached hydrogens (tertiary/aromatic N) is 4. The fourth-order valence-corrected chi connectivity index (χ4v) is 5.09. The number of hydrogen-bond acceptors (Lipinski definition) is 7. The second-order valence-corrected chi connectivity index (χ2v) is 9.65. The molecular weight excluding hydrogens is 489 g/mol. The zero-order valence-corrected chi connectivity index (χ0v) is 20.8. The number of imidazole rings is 1. The van der Waals surface area contributed by atoms with Crippen molar-refractivity contribution in [3.63, 3.8) is 0 Å². The molecule has 6 aromatic rings. The molecule has 1 atom stereocenters. The predicted molar refractivity (Wildman–Crippen MR) is 145 cm³/mol. The van der Waals surface area contributed by atoms with E-state index in [4.69, 9.17) is 4.98 Å². The molecule has 0 bridgehead atoms. The Labute approximate surface area is 215 Å². The fraction of sp³-hybridized carbons (Fsp3) is 0.185. The summed E-state index contributed by atoms with van der Waals surface area (Å²) in [4.78, 5) is 16.8. The van der Waals surface area contributed by atoms with Gasteiger partial charge in [0.05, 0.1) is 11.9 Å². The molecule has 4 N–H and O–H groups in total. The largest absolute Gasteiger partial charge is 0.374 e. The average Bonchev–Trinajstić information content (AvgIpc) is 3.67. The molecule has 10 heteroatoms. The van der Waals surface area contributed by atoms with Gasteiger partial charge < -0.3 is 15.4 Å². The number of aliphatic hydroxyl groups excluding tert-OH is 1.